The largest absolute Gasteiger partial charge is 0.377 e. The van der Waals surface area contributed by atoms with E-state index in [9.17, 15) is 4.79 Å². The van der Waals surface area contributed by atoms with Crippen molar-refractivity contribution in [2.75, 3.05) is 6.61 Å². The zero-order valence-electron chi connectivity index (χ0n) is 10.7. The third kappa shape index (κ3) is 3.17. The van der Waals surface area contributed by atoms with Gasteiger partial charge in [0, 0.05) is 12.2 Å². The van der Waals surface area contributed by atoms with Crippen LogP contribution in [0.4, 0.5) is 0 Å². The molecule has 0 bridgehead atoms. The first-order valence-corrected chi connectivity index (χ1v) is 6.10. The molecule has 2 aromatic rings. The number of amides is 1. The molecule has 0 atom stereocenters. The van der Waals surface area contributed by atoms with Crippen molar-refractivity contribution in [3.63, 3.8) is 0 Å². The van der Waals surface area contributed by atoms with Crippen LogP contribution in [0.25, 0.3) is 11.3 Å². The molecular weight excluding hydrogens is 244 g/mol. The fraction of sp³-hybridized carbons (Fsp3) is 0.308. The number of ether oxygens (including phenoxy) is 1. The molecule has 6 nitrogen and oxygen atoms in total. The number of aromatic nitrogens is 3. The number of H-pyrrole nitrogens is 1. The molecular formula is C13H16N4O2. The predicted octanol–water partition coefficient (Wildman–Crippen LogP) is 1.50. The molecule has 0 unspecified atom stereocenters. The molecule has 0 fully saturated rings. The topological polar surface area (TPSA) is 93.9 Å². The van der Waals surface area contributed by atoms with Crippen LogP contribution in [0.2, 0.25) is 0 Å². The molecule has 0 saturated carbocycles. The Morgan fingerprint density at radius 3 is 2.68 bits per heavy atom. The number of aromatic amines is 1. The summed E-state index contributed by atoms with van der Waals surface area (Å²) in [4.78, 5) is 11.2. The second-order valence-electron chi connectivity index (χ2n) is 4.13. The Morgan fingerprint density at radius 1 is 1.32 bits per heavy atom. The van der Waals surface area contributed by atoms with Gasteiger partial charge in [0.15, 0.2) is 5.69 Å². The van der Waals surface area contributed by atoms with Gasteiger partial charge in [0.25, 0.3) is 5.91 Å². The lowest BCUT2D eigenvalue weighted by Gasteiger charge is -2.04. The van der Waals surface area contributed by atoms with Gasteiger partial charge >= 0.3 is 0 Å². The number of carbonyl (C=O) groups excluding carboxylic acids is 1. The summed E-state index contributed by atoms with van der Waals surface area (Å²) in [6, 6.07) is 7.61. The van der Waals surface area contributed by atoms with Crippen molar-refractivity contribution in [1.29, 1.82) is 0 Å². The smallest absolute Gasteiger partial charge is 0.271 e. The molecule has 1 aromatic heterocycles. The number of hydrogen-bond acceptors (Lipinski definition) is 4. The Balaban J connectivity index is 2.13. The molecule has 1 aromatic carbocycles. The van der Waals surface area contributed by atoms with Crippen LogP contribution in [0.3, 0.4) is 0 Å². The van der Waals surface area contributed by atoms with Crippen molar-refractivity contribution in [3.05, 3.63) is 35.5 Å². The van der Waals surface area contributed by atoms with Crippen molar-refractivity contribution in [2.24, 2.45) is 5.73 Å². The summed E-state index contributed by atoms with van der Waals surface area (Å²) >= 11 is 0. The van der Waals surface area contributed by atoms with E-state index in [1.54, 1.807) is 0 Å². The summed E-state index contributed by atoms with van der Waals surface area (Å²) in [6.07, 6.45) is 0.999. The highest BCUT2D eigenvalue weighted by atomic mass is 16.5. The molecule has 100 valence electrons. The van der Waals surface area contributed by atoms with Gasteiger partial charge in [-0.15, -0.1) is 0 Å². The maximum Gasteiger partial charge on any atom is 0.271 e. The van der Waals surface area contributed by atoms with Crippen molar-refractivity contribution in [1.82, 2.24) is 15.4 Å². The summed E-state index contributed by atoms with van der Waals surface area (Å²) < 4.78 is 5.45. The van der Waals surface area contributed by atoms with E-state index in [-0.39, 0.29) is 5.69 Å². The lowest BCUT2D eigenvalue weighted by molar-refractivity contribution is 0.0996. The number of carbonyl (C=O) groups is 1. The summed E-state index contributed by atoms with van der Waals surface area (Å²) in [5.41, 5.74) is 7.70. The van der Waals surface area contributed by atoms with Gasteiger partial charge in [-0.2, -0.15) is 15.4 Å². The Hall–Kier alpha value is -2.21. The van der Waals surface area contributed by atoms with Crippen molar-refractivity contribution < 1.29 is 9.53 Å². The standard InChI is InChI=1S/C13H16N4O2/c1-2-7-19-8-9-3-5-10(6-4-9)11-12(13(14)18)16-17-15-11/h3-6H,2,7-8H2,1H3,(H2,14,18)(H,15,16,17). The van der Waals surface area contributed by atoms with Crippen LogP contribution in [0.15, 0.2) is 24.3 Å². The zero-order valence-corrected chi connectivity index (χ0v) is 10.7. The molecule has 0 aliphatic heterocycles. The van der Waals surface area contributed by atoms with Crippen LogP contribution in [0.1, 0.15) is 29.4 Å². The van der Waals surface area contributed by atoms with Gasteiger partial charge in [-0.1, -0.05) is 31.2 Å². The molecule has 3 N–H and O–H groups in total. The van der Waals surface area contributed by atoms with Gasteiger partial charge < -0.3 is 10.5 Å². The van der Waals surface area contributed by atoms with Gasteiger partial charge in [0.2, 0.25) is 0 Å². The molecule has 0 aliphatic carbocycles. The number of benzene rings is 1. The Kier molecular flexibility index (Phi) is 4.25. The summed E-state index contributed by atoms with van der Waals surface area (Å²) in [7, 11) is 0. The monoisotopic (exact) mass is 260 g/mol. The highest BCUT2D eigenvalue weighted by molar-refractivity contribution is 5.96. The van der Waals surface area contributed by atoms with E-state index in [1.165, 1.54) is 0 Å². The number of primary amides is 1. The second-order valence-corrected chi connectivity index (χ2v) is 4.13. The van der Waals surface area contributed by atoms with Crippen LogP contribution in [0.5, 0.6) is 0 Å². The third-order valence-corrected chi connectivity index (χ3v) is 2.63. The maximum atomic E-state index is 11.2. The Morgan fingerprint density at radius 2 is 2.05 bits per heavy atom. The predicted molar refractivity (Wildman–Crippen MR) is 70.3 cm³/mol. The first-order valence-electron chi connectivity index (χ1n) is 6.10. The van der Waals surface area contributed by atoms with E-state index < -0.39 is 5.91 Å². The molecule has 2 rings (SSSR count). The molecule has 1 heterocycles. The van der Waals surface area contributed by atoms with Crippen LogP contribution in [-0.2, 0) is 11.3 Å². The molecule has 0 spiro atoms. The Bertz CT molecular complexity index is 548. The average molecular weight is 260 g/mol. The van der Waals surface area contributed by atoms with Crippen molar-refractivity contribution >= 4 is 5.91 Å². The van der Waals surface area contributed by atoms with E-state index in [1.807, 2.05) is 24.3 Å². The average Bonchev–Trinajstić information content (AvgIpc) is 2.89. The minimum absolute atomic E-state index is 0.148. The maximum absolute atomic E-state index is 11.2. The van der Waals surface area contributed by atoms with Crippen molar-refractivity contribution in [2.45, 2.75) is 20.0 Å². The molecule has 1 amide bonds. The molecule has 6 heteroatoms. The zero-order chi connectivity index (χ0) is 13.7. The van der Waals surface area contributed by atoms with Gasteiger partial charge in [0.05, 0.1) is 6.61 Å². The number of rotatable bonds is 6. The van der Waals surface area contributed by atoms with Crippen LogP contribution in [0, 0.1) is 0 Å². The molecule has 0 saturated heterocycles. The van der Waals surface area contributed by atoms with E-state index in [4.69, 9.17) is 10.5 Å². The van der Waals surface area contributed by atoms with Crippen LogP contribution < -0.4 is 5.73 Å². The van der Waals surface area contributed by atoms with Gasteiger partial charge in [-0.05, 0) is 12.0 Å². The minimum Gasteiger partial charge on any atom is -0.377 e. The first kappa shape index (κ1) is 13.2. The van der Waals surface area contributed by atoms with Gasteiger partial charge in [-0.25, -0.2) is 0 Å². The summed E-state index contributed by atoms with van der Waals surface area (Å²) in [5, 5.41) is 10.1. The fourth-order valence-electron chi connectivity index (χ4n) is 1.70. The van der Waals surface area contributed by atoms with Gasteiger partial charge in [-0.3, -0.25) is 4.79 Å². The second kappa shape index (κ2) is 6.10. The normalized spacial score (nSPS) is 10.6. The summed E-state index contributed by atoms with van der Waals surface area (Å²) in [5.74, 6) is -0.598. The molecule has 19 heavy (non-hydrogen) atoms. The number of nitrogens with zero attached hydrogens (tertiary/aromatic N) is 2. The summed E-state index contributed by atoms with van der Waals surface area (Å²) in [6.45, 7) is 3.39. The number of nitrogens with one attached hydrogen (secondary N) is 1. The van der Waals surface area contributed by atoms with E-state index in [0.717, 1.165) is 24.2 Å². The third-order valence-electron chi connectivity index (χ3n) is 2.63. The van der Waals surface area contributed by atoms with Crippen LogP contribution >= 0.6 is 0 Å². The first-order chi connectivity index (χ1) is 9.22. The number of nitrogens with two attached hydrogens (primary N) is 1. The van der Waals surface area contributed by atoms with Crippen molar-refractivity contribution in [3.8, 4) is 11.3 Å². The Labute approximate surface area is 111 Å². The molecule has 0 radical (unpaired) electrons. The lowest BCUT2D eigenvalue weighted by atomic mass is 10.1. The van der Waals surface area contributed by atoms with Crippen LogP contribution in [-0.4, -0.2) is 27.9 Å². The highest BCUT2D eigenvalue weighted by Gasteiger charge is 2.14. The quantitative estimate of drug-likeness (QED) is 0.769. The fourth-order valence-corrected chi connectivity index (χ4v) is 1.70. The van der Waals surface area contributed by atoms with E-state index in [2.05, 4.69) is 22.3 Å². The lowest BCUT2D eigenvalue weighted by Crippen LogP contribution is -2.12. The minimum atomic E-state index is -0.598. The van der Waals surface area contributed by atoms with Gasteiger partial charge in [0.1, 0.15) is 5.69 Å². The van der Waals surface area contributed by atoms with E-state index in [0.29, 0.717) is 12.3 Å². The van der Waals surface area contributed by atoms with E-state index >= 15 is 0 Å². The molecule has 0 aliphatic rings. The highest BCUT2D eigenvalue weighted by Crippen LogP contribution is 2.20. The SMILES string of the molecule is CCCOCc1ccc(-c2n[nH]nc2C(N)=O)cc1. The number of hydrogen-bond donors (Lipinski definition) is 2.